The lowest BCUT2D eigenvalue weighted by Crippen LogP contribution is -2.09. The SMILES string of the molecule is CCCc1cc(CNC)n(C)n1. The Morgan fingerprint density at radius 1 is 1.58 bits per heavy atom. The third-order valence-corrected chi connectivity index (χ3v) is 1.89. The number of aryl methyl sites for hydroxylation is 2. The molecule has 0 radical (unpaired) electrons. The number of hydrogen-bond acceptors (Lipinski definition) is 2. The number of rotatable bonds is 4. The molecular formula is C9H17N3. The van der Waals surface area contributed by atoms with Crippen molar-refractivity contribution in [3.05, 3.63) is 17.5 Å². The van der Waals surface area contributed by atoms with Gasteiger partial charge in [-0.2, -0.15) is 5.10 Å². The lowest BCUT2D eigenvalue weighted by atomic mass is 10.2. The van der Waals surface area contributed by atoms with Gasteiger partial charge in [-0.05, 0) is 19.5 Å². The summed E-state index contributed by atoms with van der Waals surface area (Å²) in [6.45, 7) is 3.07. The number of nitrogens with one attached hydrogen (secondary N) is 1. The fourth-order valence-electron chi connectivity index (χ4n) is 1.30. The Morgan fingerprint density at radius 2 is 2.33 bits per heavy atom. The van der Waals surface area contributed by atoms with Crippen LogP contribution in [-0.4, -0.2) is 16.8 Å². The van der Waals surface area contributed by atoms with Crippen LogP contribution < -0.4 is 5.32 Å². The molecule has 0 atom stereocenters. The highest BCUT2D eigenvalue weighted by Gasteiger charge is 2.02. The second-order valence-electron chi connectivity index (χ2n) is 3.03. The maximum atomic E-state index is 4.40. The Bertz CT molecular complexity index is 240. The van der Waals surface area contributed by atoms with Gasteiger partial charge in [-0.3, -0.25) is 4.68 Å². The number of aromatic nitrogens is 2. The van der Waals surface area contributed by atoms with E-state index in [1.165, 1.54) is 11.4 Å². The molecule has 0 aliphatic rings. The van der Waals surface area contributed by atoms with E-state index in [-0.39, 0.29) is 0 Å². The van der Waals surface area contributed by atoms with Gasteiger partial charge in [0.15, 0.2) is 0 Å². The Kier molecular flexibility index (Phi) is 3.29. The summed E-state index contributed by atoms with van der Waals surface area (Å²) in [5.41, 5.74) is 2.45. The molecule has 1 N–H and O–H groups in total. The molecule has 3 heteroatoms. The molecule has 1 aromatic heterocycles. The van der Waals surface area contributed by atoms with Crippen LogP contribution in [0.4, 0.5) is 0 Å². The Hall–Kier alpha value is -0.830. The zero-order valence-corrected chi connectivity index (χ0v) is 8.09. The molecule has 0 amide bonds. The van der Waals surface area contributed by atoms with Crippen molar-refractivity contribution in [2.75, 3.05) is 7.05 Å². The lowest BCUT2D eigenvalue weighted by molar-refractivity contribution is 0.662. The minimum atomic E-state index is 0.896. The van der Waals surface area contributed by atoms with Crippen LogP contribution in [0.3, 0.4) is 0 Å². The zero-order valence-electron chi connectivity index (χ0n) is 8.09. The fraction of sp³-hybridized carbons (Fsp3) is 0.667. The Labute approximate surface area is 73.8 Å². The molecule has 0 bridgehead atoms. The molecule has 0 fully saturated rings. The van der Waals surface area contributed by atoms with Gasteiger partial charge in [-0.25, -0.2) is 0 Å². The zero-order chi connectivity index (χ0) is 8.97. The van der Waals surface area contributed by atoms with Crippen molar-refractivity contribution in [1.82, 2.24) is 15.1 Å². The van der Waals surface area contributed by atoms with Gasteiger partial charge in [0.1, 0.15) is 0 Å². The second kappa shape index (κ2) is 4.26. The van der Waals surface area contributed by atoms with Crippen LogP contribution in [0.5, 0.6) is 0 Å². The van der Waals surface area contributed by atoms with Gasteiger partial charge in [0.2, 0.25) is 0 Å². The van der Waals surface area contributed by atoms with Gasteiger partial charge < -0.3 is 5.32 Å². The summed E-state index contributed by atoms with van der Waals surface area (Å²) in [4.78, 5) is 0. The summed E-state index contributed by atoms with van der Waals surface area (Å²) < 4.78 is 1.95. The highest BCUT2D eigenvalue weighted by molar-refractivity contribution is 5.10. The van der Waals surface area contributed by atoms with Crippen molar-refractivity contribution in [3.63, 3.8) is 0 Å². The maximum Gasteiger partial charge on any atom is 0.0627 e. The van der Waals surface area contributed by atoms with E-state index in [1.54, 1.807) is 0 Å². The summed E-state index contributed by atoms with van der Waals surface area (Å²) in [6, 6.07) is 2.17. The smallest absolute Gasteiger partial charge is 0.0627 e. The molecule has 12 heavy (non-hydrogen) atoms. The van der Waals surface area contributed by atoms with Crippen LogP contribution >= 0.6 is 0 Å². The summed E-state index contributed by atoms with van der Waals surface area (Å²) in [5.74, 6) is 0. The first kappa shape index (κ1) is 9.26. The van der Waals surface area contributed by atoms with Crippen LogP contribution in [0.25, 0.3) is 0 Å². The molecule has 0 aliphatic carbocycles. The van der Waals surface area contributed by atoms with Gasteiger partial charge in [0, 0.05) is 13.6 Å². The third-order valence-electron chi connectivity index (χ3n) is 1.89. The quantitative estimate of drug-likeness (QED) is 0.727. The first-order valence-corrected chi connectivity index (χ1v) is 4.44. The summed E-state index contributed by atoms with van der Waals surface area (Å²) in [6.07, 6.45) is 2.24. The predicted octanol–water partition coefficient (Wildman–Crippen LogP) is 1.09. The molecule has 0 aromatic carbocycles. The minimum Gasteiger partial charge on any atom is -0.314 e. The van der Waals surface area contributed by atoms with Crippen molar-refractivity contribution in [2.45, 2.75) is 26.3 Å². The van der Waals surface area contributed by atoms with E-state index in [0.29, 0.717) is 0 Å². The van der Waals surface area contributed by atoms with E-state index in [2.05, 4.69) is 23.4 Å². The predicted molar refractivity (Wildman–Crippen MR) is 50.0 cm³/mol. The highest BCUT2D eigenvalue weighted by Crippen LogP contribution is 2.04. The van der Waals surface area contributed by atoms with Crippen LogP contribution in [0.2, 0.25) is 0 Å². The molecule has 0 saturated heterocycles. The minimum absolute atomic E-state index is 0.896. The van der Waals surface area contributed by atoms with E-state index in [4.69, 9.17) is 0 Å². The highest BCUT2D eigenvalue weighted by atomic mass is 15.3. The molecule has 0 aliphatic heterocycles. The average Bonchev–Trinajstić information content (AvgIpc) is 2.34. The first-order chi connectivity index (χ1) is 5.77. The molecule has 1 rings (SSSR count). The van der Waals surface area contributed by atoms with E-state index in [9.17, 15) is 0 Å². The molecular weight excluding hydrogens is 150 g/mol. The van der Waals surface area contributed by atoms with E-state index in [1.807, 2.05) is 18.8 Å². The molecule has 0 saturated carbocycles. The van der Waals surface area contributed by atoms with Crippen molar-refractivity contribution >= 4 is 0 Å². The Balaban J connectivity index is 2.70. The first-order valence-electron chi connectivity index (χ1n) is 4.44. The van der Waals surface area contributed by atoms with Crippen molar-refractivity contribution in [3.8, 4) is 0 Å². The molecule has 68 valence electrons. The van der Waals surface area contributed by atoms with Gasteiger partial charge >= 0.3 is 0 Å². The van der Waals surface area contributed by atoms with Crippen LogP contribution in [0.15, 0.2) is 6.07 Å². The summed E-state index contributed by atoms with van der Waals surface area (Å²) in [7, 11) is 3.94. The number of nitrogens with zero attached hydrogens (tertiary/aromatic N) is 2. The van der Waals surface area contributed by atoms with Crippen LogP contribution in [0.1, 0.15) is 24.7 Å². The molecule has 1 heterocycles. The fourth-order valence-corrected chi connectivity index (χ4v) is 1.30. The average molecular weight is 167 g/mol. The maximum absolute atomic E-state index is 4.40. The van der Waals surface area contributed by atoms with E-state index < -0.39 is 0 Å². The van der Waals surface area contributed by atoms with Crippen molar-refractivity contribution < 1.29 is 0 Å². The van der Waals surface area contributed by atoms with Gasteiger partial charge in [-0.1, -0.05) is 13.3 Å². The number of hydrogen-bond donors (Lipinski definition) is 1. The molecule has 0 unspecified atom stereocenters. The van der Waals surface area contributed by atoms with Gasteiger partial charge in [0.05, 0.1) is 11.4 Å². The van der Waals surface area contributed by atoms with Crippen molar-refractivity contribution in [1.29, 1.82) is 0 Å². The summed E-state index contributed by atoms with van der Waals surface area (Å²) in [5, 5.41) is 7.52. The van der Waals surface area contributed by atoms with Crippen LogP contribution in [-0.2, 0) is 20.0 Å². The van der Waals surface area contributed by atoms with E-state index in [0.717, 1.165) is 19.4 Å². The Morgan fingerprint density at radius 3 is 2.92 bits per heavy atom. The van der Waals surface area contributed by atoms with Crippen LogP contribution in [0, 0.1) is 0 Å². The third kappa shape index (κ3) is 2.08. The molecule has 3 nitrogen and oxygen atoms in total. The second-order valence-corrected chi connectivity index (χ2v) is 3.03. The molecule has 1 aromatic rings. The monoisotopic (exact) mass is 167 g/mol. The largest absolute Gasteiger partial charge is 0.314 e. The van der Waals surface area contributed by atoms with Crippen molar-refractivity contribution in [2.24, 2.45) is 7.05 Å². The standard InChI is InChI=1S/C9H17N3/c1-4-5-8-6-9(7-10-2)12(3)11-8/h6,10H,4-5,7H2,1-3H3. The normalized spacial score (nSPS) is 10.6. The topological polar surface area (TPSA) is 29.9 Å². The van der Waals surface area contributed by atoms with Gasteiger partial charge in [-0.15, -0.1) is 0 Å². The van der Waals surface area contributed by atoms with Gasteiger partial charge in [0.25, 0.3) is 0 Å². The summed E-state index contributed by atoms with van der Waals surface area (Å²) >= 11 is 0. The lowest BCUT2D eigenvalue weighted by Gasteiger charge is -1.97. The van der Waals surface area contributed by atoms with E-state index >= 15 is 0 Å². The molecule has 0 spiro atoms.